The van der Waals surface area contributed by atoms with Gasteiger partial charge in [0.2, 0.25) is 6.29 Å². The van der Waals surface area contributed by atoms with Crippen molar-refractivity contribution in [3.63, 3.8) is 0 Å². The SMILES string of the molecule is C#CCOC1OC(=O)C(Cl)=C1NC(C)(C)C. The number of hydrogen-bond acceptors (Lipinski definition) is 4. The summed E-state index contributed by atoms with van der Waals surface area (Å²) in [4.78, 5) is 11.3. The molecule has 0 spiro atoms. The number of esters is 1. The van der Waals surface area contributed by atoms with Gasteiger partial charge in [-0.3, -0.25) is 0 Å². The number of hydrogen-bond donors (Lipinski definition) is 1. The molecule has 0 radical (unpaired) electrons. The van der Waals surface area contributed by atoms with Crippen LogP contribution in [0.15, 0.2) is 10.7 Å². The lowest BCUT2D eigenvalue weighted by Crippen LogP contribution is -2.39. The smallest absolute Gasteiger partial charge is 0.354 e. The van der Waals surface area contributed by atoms with E-state index in [0.29, 0.717) is 5.70 Å². The van der Waals surface area contributed by atoms with Gasteiger partial charge in [-0.15, -0.1) is 6.42 Å². The summed E-state index contributed by atoms with van der Waals surface area (Å²) in [5.41, 5.74) is 0.177. The zero-order chi connectivity index (χ0) is 12.3. The third-order valence-corrected chi connectivity index (χ3v) is 2.05. The average molecular weight is 244 g/mol. The molecule has 0 aromatic rings. The van der Waals surface area contributed by atoms with Gasteiger partial charge in [-0.2, -0.15) is 0 Å². The van der Waals surface area contributed by atoms with E-state index >= 15 is 0 Å². The third kappa shape index (κ3) is 3.16. The number of cyclic esters (lactones) is 1. The fraction of sp³-hybridized carbons (Fsp3) is 0.545. The van der Waals surface area contributed by atoms with Crippen LogP contribution in [0.4, 0.5) is 0 Å². The normalized spacial score (nSPS) is 20.7. The number of terminal acetylenes is 1. The number of rotatable bonds is 3. The van der Waals surface area contributed by atoms with E-state index in [2.05, 4.69) is 11.2 Å². The van der Waals surface area contributed by atoms with Gasteiger partial charge in [-0.1, -0.05) is 17.5 Å². The molecule has 0 saturated carbocycles. The van der Waals surface area contributed by atoms with Gasteiger partial charge < -0.3 is 14.8 Å². The van der Waals surface area contributed by atoms with E-state index in [0.717, 1.165) is 0 Å². The van der Waals surface area contributed by atoms with Crippen molar-refractivity contribution in [2.45, 2.75) is 32.6 Å². The molecule has 1 aliphatic rings. The quantitative estimate of drug-likeness (QED) is 0.601. The summed E-state index contributed by atoms with van der Waals surface area (Å²) in [5.74, 6) is 1.70. The van der Waals surface area contributed by atoms with E-state index in [1.165, 1.54) is 0 Å². The molecular weight excluding hydrogens is 230 g/mol. The van der Waals surface area contributed by atoms with Crippen molar-refractivity contribution in [2.75, 3.05) is 6.61 Å². The van der Waals surface area contributed by atoms with Gasteiger partial charge in [0.05, 0.1) is 0 Å². The van der Waals surface area contributed by atoms with Crippen molar-refractivity contribution < 1.29 is 14.3 Å². The Hall–Kier alpha value is -1.18. The minimum Gasteiger partial charge on any atom is -0.425 e. The van der Waals surface area contributed by atoms with E-state index in [-0.39, 0.29) is 17.2 Å². The van der Waals surface area contributed by atoms with Gasteiger partial charge in [-0.25, -0.2) is 4.79 Å². The van der Waals surface area contributed by atoms with Crippen LogP contribution in [-0.2, 0) is 14.3 Å². The summed E-state index contributed by atoms with van der Waals surface area (Å²) >= 11 is 5.82. The average Bonchev–Trinajstić information content (AvgIpc) is 2.41. The maximum absolute atomic E-state index is 11.3. The highest BCUT2D eigenvalue weighted by Gasteiger charge is 2.35. The highest BCUT2D eigenvalue weighted by molar-refractivity contribution is 6.42. The predicted molar refractivity (Wildman–Crippen MR) is 60.4 cm³/mol. The number of halogens is 1. The van der Waals surface area contributed by atoms with Gasteiger partial charge in [-0.05, 0) is 20.8 Å². The fourth-order valence-corrected chi connectivity index (χ4v) is 1.36. The van der Waals surface area contributed by atoms with Crippen LogP contribution < -0.4 is 5.32 Å². The van der Waals surface area contributed by atoms with Crippen molar-refractivity contribution >= 4 is 17.6 Å². The minimum absolute atomic E-state index is 0.0111. The fourth-order valence-electron chi connectivity index (χ4n) is 1.18. The lowest BCUT2D eigenvalue weighted by molar-refractivity contribution is -0.158. The molecule has 0 saturated heterocycles. The van der Waals surface area contributed by atoms with Crippen LogP contribution >= 0.6 is 11.6 Å². The maximum Gasteiger partial charge on any atom is 0.354 e. The summed E-state index contributed by atoms with van der Waals surface area (Å²) in [6.07, 6.45) is 4.23. The highest BCUT2D eigenvalue weighted by Crippen LogP contribution is 2.26. The minimum atomic E-state index is -0.838. The van der Waals surface area contributed by atoms with Crippen LogP contribution in [0.25, 0.3) is 0 Å². The van der Waals surface area contributed by atoms with E-state index in [9.17, 15) is 4.79 Å². The van der Waals surface area contributed by atoms with Crippen molar-refractivity contribution in [3.8, 4) is 12.3 Å². The molecule has 0 aliphatic carbocycles. The zero-order valence-electron chi connectivity index (χ0n) is 9.46. The number of carbonyl (C=O) groups is 1. The summed E-state index contributed by atoms with van der Waals surface area (Å²) in [6, 6.07) is 0. The Labute approximate surface area is 99.9 Å². The molecule has 0 aromatic carbocycles. The Morgan fingerprint density at radius 1 is 1.62 bits per heavy atom. The molecule has 0 aromatic heterocycles. The van der Waals surface area contributed by atoms with Crippen molar-refractivity contribution in [1.29, 1.82) is 0 Å². The molecule has 5 heteroatoms. The van der Waals surface area contributed by atoms with E-state index in [4.69, 9.17) is 27.5 Å². The lowest BCUT2D eigenvalue weighted by atomic mass is 10.1. The van der Waals surface area contributed by atoms with Gasteiger partial charge in [0.15, 0.2) is 5.03 Å². The molecule has 1 unspecified atom stereocenters. The first-order valence-electron chi connectivity index (χ1n) is 4.79. The zero-order valence-corrected chi connectivity index (χ0v) is 10.2. The molecule has 1 N–H and O–H groups in total. The molecular formula is C11H14ClNO3. The van der Waals surface area contributed by atoms with Crippen LogP contribution in [0, 0.1) is 12.3 Å². The second-order valence-electron chi connectivity index (χ2n) is 4.36. The maximum atomic E-state index is 11.3. The van der Waals surface area contributed by atoms with Gasteiger partial charge in [0.1, 0.15) is 12.3 Å². The van der Waals surface area contributed by atoms with Gasteiger partial charge in [0, 0.05) is 5.54 Å². The lowest BCUT2D eigenvalue weighted by Gasteiger charge is -2.25. The largest absolute Gasteiger partial charge is 0.425 e. The van der Waals surface area contributed by atoms with E-state index in [1.807, 2.05) is 20.8 Å². The summed E-state index contributed by atoms with van der Waals surface area (Å²) in [5, 5.41) is 3.08. The molecule has 0 fully saturated rings. The van der Waals surface area contributed by atoms with Crippen LogP contribution in [0.2, 0.25) is 0 Å². The van der Waals surface area contributed by atoms with Crippen molar-refractivity contribution in [3.05, 3.63) is 10.7 Å². The Kier molecular flexibility index (Phi) is 3.84. The molecule has 4 nitrogen and oxygen atoms in total. The number of carbonyl (C=O) groups excluding carboxylic acids is 1. The second kappa shape index (κ2) is 4.77. The van der Waals surface area contributed by atoms with Crippen LogP contribution in [-0.4, -0.2) is 24.4 Å². The Balaban J connectivity index is 2.82. The van der Waals surface area contributed by atoms with Crippen LogP contribution in [0.1, 0.15) is 20.8 Å². The second-order valence-corrected chi connectivity index (χ2v) is 4.73. The van der Waals surface area contributed by atoms with Crippen molar-refractivity contribution in [2.24, 2.45) is 0 Å². The van der Waals surface area contributed by atoms with Crippen LogP contribution in [0.5, 0.6) is 0 Å². The standard InChI is InChI=1S/C11H14ClNO3/c1-5-6-15-10-8(13-11(2,3)4)7(12)9(14)16-10/h1,10,13H,6H2,2-4H3. The monoisotopic (exact) mass is 243 g/mol. The first kappa shape index (κ1) is 12.9. The molecule has 1 atom stereocenters. The Morgan fingerprint density at radius 3 is 2.75 bits per heavy atom. The Morgan fingerprint density at radius 2 is 2.25 bits per heavy atom. The van der Waals surface area contributed by atoms with E-state index in [1.54, 1.807) is 0 Å². The highest BCUT2D eigenvalue weighted by atomic mass is 35.5. The predicted octanol–water partition coefficient (Wildman–Crippen LogP) is 1.36. The number of nitrogens with one attached hydrogen (secondary N) is 1. The topological polar surface area (TPSA) is 47.6 Å². The summed E-state index contributed by atoms with van der Waals surface area (Å²) < 4.78 is 10.1. The molecule has 16 heavy (non-hydrogen) atoms. The van der Waals surface area contributed by atoms with Gasteiger partial charge >= 0.3 is 5.97 Å². The van der Waals surface area contributed by atoms with Crippen molar-refractivity contribution in [1.82, 2.24) is 5.32 Å². The van der Waals surface area contributed by atoms with Crippen LogP contribution in [0.3, 0.4) is 0 Å². The molecule has 1 aliphatic heterocycles. The molecule has 1 heterocycles. The molecule has 0 amide bonds. The first-order valence-corrected chi connectivity index (χ1v) is 5.17. The Bertz CT molecular complexity index is 362. The number of ether oxygens (including phenoxy) is 2. The van der Waals surface area contributed by atoms with Gasteiger partial charge in [0.25, 0.3) is 0 Å². The molecule has 88 valence electrons. The first-order chi connectivity index (χ1) is 7.35. The summed E-state index contributed by atoms with van der Waals surface area (Å²) in [6.45, 7) is 5.86. The molecule has 1 rings (SSSR count). The van der Waals surface area contributed by atoms with E-state index < -0.39 is 12.3 Å². The molecule has 0 bridgehead atoms. The summed E-state index contributed by atoms with van der Waals surface area (Å²) in [7, 11) is 0. The third-order valence-electron chi connectivity index (χ3n) is 1.69.